The van der Waals surface area contributed by atoms with E-state index in [1.54, 1.807) is 56.6 Å². The molecule has 0 radical (unpaired) electrons. The van der Waals surface area contributed by atoms with Gasteiger partial charge in [0.1, 0.15) is 23.4 Å². The lowest BCUT2D eigenvalue weighted by molar-refractivity contribution is -0.164. The summed E-state index contributed by atoms with van der Waals surface area (Å²) in [4.78, 5) is 14.8. The van der Waals surface area contributed by atoms with Crippen molar-refractivity contribution in [2.75, 3.05) is 27.9 Å². The highest BCUT2D eigenvalue weighted by Crippen LogP contribution is 2.38. The topological polar surface area (TPSA) is 57.2 Å². The number of methoxy groups -OCH3 is 3. The van der Waals surface area contributed by atoms with Gasteiger partial charge >= 0.3 is 0 Å². The molecule has 0 saturated carbocycles. The number of likely N-dealkylation sites (tertiary alicyclic amines) is 1. The van der Waals surface area contributed by atoms with Gasteiger partial charge in [-0.1, -0.05) is 18.2 Å². The van der Waals surface area contributed by atoms with E-state index in [-0.39, 0.29) is 11.7 Å². The van der Waals surface area contributed by atoms with Crippen LogP contribution in [0.5, 0.6) is 23.0 Å². The summed E-state index contributed by atoms with van der Waals surface area (Å²) in [6, 6.07) is 18.6. The molecule has 33 heavy (non-hydrogen) atoms. The van der Waals surface area contributed by atoms with Crippen LogP contribution in [0.1, 0.15) is 17.2 Å². The van der Waals surface area contributed by atoms with Crippen LogP contribution >= 0.6 is 0 Å². The summed E-state index contributed by atoms with van der Waals surface area (Å²) in [5.41, 5.74) is 1.69. The van der Waals surface area contributed by atoms with E-state index >= 15 is 0 Å². The zero-order valence-corrected chi connectivity index (χ0v) is 18.8. The first-order chi connectivity index (χ1) is 16.0. The minimum atomic E-state index is -0.731. The Bertz CT molecular complexity index is 1120. The van der Waals surface area contributed by atoms with Crippen molar-refractivity contribution < 1.29 is 28.1 Å². The van der Waals surface area contributed by atoms with Crippen molar-refractivity contribution in [3.63, 3.8) is 0 Å². The van der Waals surface area contributed by atoms with Gasteiger partial charge < -0.3 is 23.8 Å². The molecule has 1 heterocycles. The fraction of sp³-hybridized carbons (Fsp3) is 0.269. The van der Waals surface area contributed by atoms with Crippen molar-refractivity contribution in [2.45, 2.75) is 18.6 Å². The fourth-order valence-corrected chi connectivity index (χ4v) is 4.01. The predicted octanol–water partition coefficient (Wildman–Crippen LogP) is 4.43. The van der Waals surface area contributed by atoms with Crippen molar-refractivity contribution in [2.24, 2.45) is 0 Å². The van der Waals surface area contributed by atoms with E-state index in [2.05, 4.69) is 0 Å². The zero-order valence-electron chi connectivity index (χ0n) is 18.8. The third-order valence-corrected chi connectivity index (χ3v) is 5.75. The Hall–Kier alpha value is -3.74. The summed E-state index contributed by atoms with van der Waals surface area (Å²) >= 11 is 0. The summed E-state index contributed by atoms with van der Waals surface area (Å²) in [7, 11) is 4.76. The Kier molecular flexibility index (Phi) is 6.68. The Morgan fingerprint density at radius 1 is 0.848 bits per heavy atom. The van der Waals surface area contributed by atoms with Gasteiger partial charge in [0.05, 0.1) is 21.3 Å². The second kappa shape index (κ2) is 9.81. The molecule has 1 aliphatic heterocycles. The van der Waals surface area contributed by atoms with Gasteiger partial charge in [-0.25, -0.2) is 4.39 Å². The van der Waals surface area contributed by atoms with Gasteiger partial charge in [0.25, 0.3) is 5.91 Å². The number of ether oxygens (including phenoxy) is 4. The van der Waals surface area contributed by atoms with Gasteiger partial charge in [0, 0.05) is 6.54 Å². The van der Waals surface area contributed by atoms with Crippen LogP contribution in [0.15, 0.2) is 66.7 Å². The molecule has 4 rings (SSSR count). The van der Waals surface area contributed by atoms with E-state index in [9.17, 15) is 9.18 Å². The number of halogens is 1. The molecule has 1 saturated heterocycles. The molecule has 1 amide bonds. The Morgan fingerprint density at radius 2 is 1.58 bits per heavy atom. The molecule has 0 aliphatic carbocycles. The van der Waals surface area contributed by atoms with Crippen molar-refractivity contribution in [3.05, 3.63) is 83.7 Å². The van der Waals surface area contributed by atoms with Gasteiger partial charge in [-0.2, -0.15) is 0 Å². The molecule has 7 heteroatoms. The second-order valence-corrected chi connectivity index (χ2v) is 7.68. The van der Waals surface area contributed by atoms with Crippen LogP contribution in [-0.4, -0.2) is 44.8 Å². The molecular weight excluding hydrogens is 425 g/mol. The fourth-order valence-electron chi connectivity index (χ4n) is 4.01. The number of hydrogen-bond donors (Lipinski definition) is 0. The van der Waals surface area contributed by atoms with Gasteiger partial charge in [-0.05, 0) is 66.1 Å². The number of nitrogens with zero attached hydrogens (tertiary/aromatic N) is 1. The third kappa shape index (κ3) is 4.72. The number of carbonyl (C=O) groups excluding carboxylic acids is 1. The first-order valence-electron chi connectivity index (χ1n) is 10.6. The van der Waals surface area contributed by atoms with Crippen molar-refractivity contribution in [3.8, 4) is 23.0 Å². The molecule has 172 valence electrons. The summed E-state index contributed by atoms with van der Waals surface area (Å²) in [6.45, 7) is 0.456. The third-order valence-electron chi connectivity index (χ3n) is 5.75. The summed E-state index contributed by atoms with van der Waals surface area (Å²) in [6.07, 6.45) is -0.127. The van der Waals surface area contributed by atoms with Crippen LogP contribution in [0, 0.1) is 5.82 Å². The van der Waals surface area contributed by atoms with Crippen LogP contribution in [0.4, 0.5) is 4.39 Å². The normalized spacial score (nSPS) is 17.3. The largest absolute Gasteiger partial charge is 0.497 e. The van der Waals surface area contributed by atoms with Gasteiger partial charge in [-0.3, -0.25) is 4.79 Å². The highest BCUT2D eigenvalue weighted by molar-refractivity contribution is 5.89. The average molecular weight is 451 g/mol. The first-order valence-corrected chi connectivity index (χ1v) is 10.6. The number of benzene rings is 3. The van der Waals surface area contributed by atoms with Gasteiger partial charge in [0.2, 0.25) is 6.10 Å². The lowest BCUT2D eigenvalue weighted by atomic mass is 9.89. The summed E-state index contributed by atoms with van der Waals surface area (Å²) in [5.74, 6) is 2.03. The molecule has 6 nitrogen and oxygen atoms in total. The first kappa shape index (κ1) is 22.5. The maximum absolute atomic E-state index is 14.0. The molecule has 1 fully saturated rings. The maximum Gasteiger partial charge on any atom is 0.266 e. The molecule has 2 atom stereocenters. The van der Waals surface area contributed by atoms with E-state index in [1.165, 1.54) is 12.1 Å². The van der Waals surface area contributed by atoms with Gasteiger partial charge in [-0.15, -0.1) is 0 Å². The molecule has 3 aromatic rings. The zero-order chi connectivity index (χ0) is 23.4. The van der Waals surface area contributed by atoms with Crippen LogP contribution in [0.2, 0.25) is 0 Å². The van der Waals surface area contributed by atoms with E-state index in [1.807, 2.05) is 24.3 Å². The smallest absolute Gasteiger partial charge is 0.266 e. The summed E-state index contributed by atoms with van der Waals surface area (Å²) in [5, 5.41) is 0. The molecule has 0 spiro atoms. The molecule has 0 N–H and O–H groups in total. The number of amides is 1. The van der Waals surface area contributed by atoms with Crippen molar-refractivity contribution in [1.82, 2.24) is 4.90 Å². The van der Waals surface area contributed by atoms with Crippen molar-refractivity contribution in [1.29, 1.82) is 0 Å². The van der Waals surface area contributed by atoms with Crippen LogP contribution in [-0.2, 0) is 11.2 Å². The molecule has 0 bridgehead atoms. The lowest BCUT2D eigenvalue weighted by Gasteiger charge is -2.47. The SMILES string of the molecule is COc1ccc(O[C@H]2C(=O)N(CCc3ccc(OC)c(OC)c3)[C@@H]2c2cccc(F)c2)cc1. The standard InChI is InChI=1S/C26H26FNO5/c1-30-20-8-10-21(11-9-20)33-25-24(18-5-4-6-19(27)16-18)28(26(25)29)14-13-17-7-12-22(31-2)23(15-17)32-3/h4-12,15-16,24-25H,13-14H2,1-3H3/t24-,25-/m1/s1. The Morgan fingerprint density at radius 3 is 2.24 bits per heavy atom. The quantitative estimate of drug-likeness (QED) is 0.451. The van der Waals surface area contributed by atoms with E-state index < -0.39 is 12.1 Å². The predicted molar refractivity (Wildman–Crippen MR) is 122 cm³/mol. The van der Waals surface area contributed by atoms with Gasteiger partial charge in [0.15, 0.2) is 11.5 Å². The lowest BCUT2D eigenvalue weighted by Crippen LogP contribution is -2.61. The second-order valence-electron chi connectivity index (χ2n) is 7.68. The molecule has 0 unspecified atom stereocenters. The monoisotopic (exact) mass is 451 g/mol. The number of carbonyl (C=O) groups is 1. The number of β-lactam (4-membered cyclic amide) rings is 1. The number of hydrogen-bond acceptors (Lipinski definition) is 5. The molecule has 1 aliphatic rings. The minimum absolute atomic E-state index is 0.138. The summed E-state index contributed by atoms with van der Waals surface area (Å²) < 4.78 is 35.8. The maximum atomic E-state index is 14.0. The highest BCUT2D eigenvalue weighted by Gasteiger charge is 2.49. The Balaban J connectivity index is 1.53. The number of rotatable bonds is 9. The van der Waals surface area contributed by atoms with Crippen molar-refractivity contribution >= 4 is 5.91 Å². The minimum Gasteiger partial charge on any atom is -0.497 e. The van der Waals surface area contributed by atoms with Crippen LogP contribution in [0.3, 0.4) is 0 Å². The Labute approximate surface area is 192 Å². The average Bonchev–Trinajstić information content (AvgIpc) is 2.85. The molecular formula is C26H26FNO5. The molecule has 0 aromatic heterocycles. The van der Waals surface area contributed by atoms with E-state index in [0.717, 1.165) is 5.56 Å². The van der Waals surface area contributed by atoms with E-state index in [4.69, 9.17) is 18.9 Å². The van der Waals surface area contributed by atoms with Crippen LogP contribution in [0.25, 0.3) is 0 Å². The molecule has 3 aromatic carbocycles. The highest BCUT2D eigenvalue weighted by atomic mass is 19.1. The van der Waals surface area contributed by atoms with E-state index in [0.29, 0.717) is 41.5 Å². The van der Waals surface area contributed by atoms with Crippen LogP contribution < -0.4 is 18.9 Å².